The number of nitrogens with zero attached hydrogens (tertiary/aromatic N) is 2. The Kier molecular flexibility index (Phi) is 4.42. The number of carbonyl (C=O) groups is 1. The van der Waals surface area contributed by atoms with E-state index in [-0.39, 0.29) is 5.56 Å². The lowest BCUT2D eigenvalue weighted by Gasteiger charge is -2.24. The van der Waals surface area contributed by atoms with Gasteiger partial charge in [-0.15, -0.1) is 0 Å². The summed E-state index contributed by atoms with van der Waals surface area (Å²) in [6.45, 7) is 0.517. The lowest BCUT2D eigenvalue weighted by atomic mass is 10.1. The summed E-state index contributed by atoms with van der Waals surface area (Å²) < 4.78 is 0. The average molecular weight is 280 g/mol. The number of carbonyl (C=O) groups excluding carboxylic acids is 1. The molecular formula is C16H16N4O. The van der Waals surface area contributed by atoms with Crippen LogP contribution in [0.5, 0.6) is 0 Å². The molecule has 0 aliphatic carbocycles. The molecule has 106 valence electrons. The van der Waals surface area contributed by atoms with E-state index in [2.05, 4.69) is 6.07 Å². The second-order valence-corrected chi connectivity index (χ2v) is 4.53. The van der Waals surface area contributed by atoms with Crippen molar-refractivity contribution in [3.63, 3.8) is 0 Å². The summed E-state index contributed by atoms with van der Waals surface area (Å²) in [6, 6.07) is 16.9. The lowest BCUT2D eigenvalue weighted by Crippen LogP contribution is -2.20. The summed E-state index contributed by atoms with van der Waals surface area (Å²) >= 11 is 0. The van der Waals surface area contributed by atoms with Crippen molar-refractivity contribution in [3.8, 4) is 6.07 Å². The molecule has 0 fully saturated rings. The second kappa shape index (κ2) is 6.44. The van der Waals surface area contributed by atoms with Crippen LogP contribution in [-0.4, -0.2) is 12.5 Å². The Balaban J connectivity index is 2.44. The number of anilines is 3. The highest BCUT2D eigenvalue weighted by Gasteiger charge is 2.13. The van der Waals surface area contributed by atoms with E-state index in [1.165, 1.54) is 0 Å². The van der Waals surface area contributed by atoms with E-state index in [0.29, 0.717) is 18.7 Å². The van der Waals surface area contributed by atoms with Gasteiger partial charge in [-0.25, -0.2) is 0 Å². The Bertz CT molecular complexity index is 676. The maximum absolute atomic E-state index is 11.4. The van der Waals surface area contributed by atoms with Crippen molar-refractivity contribution in [1.29, 1.82) is 5.26 Å². The van der Waals surface area contributed by atoms with Gasteiger partial charge in [0.05, 0.1) is 18.1 Å². The zero-order valence-electron chi connectivity index (χ0n) is 11.5. The summed E-state index contributed by atoms with van der Waals surface area (Å²) in [5, 5.41) is 8.83. The third-order valence-electron chi connectivity index (χ3n) is 3.13. The molecule has 0 unspecified atom stereocenters. The van der Waals surface area contributed by atoms with Gasteiger partial charge >= 0.3 is 0 Å². The summed E-state index contributed by atoms with van der Waals surface area (Å²) in [4.78, 5) is 13.4. The topological polar surface area (TPSA) is 96.1 Å². The number of amides is 1. The van der Waals surface area contributed by atoms with Gasteiger partial charge < -0.3 is 16.4 Å². The summed E-state index contributed by atoms with van der Waals surface area (Å²) in [5.41, 5.74) is 13.4. The van der Waals surface area contributed by atoms with E-state index in [1.54, 1.807) is 12.1 Å². The number of rotatable bonds is 5. The number of nitrogens with two attached hydrogens (primary N) is 2. The third-order valence-corrected chi connectivity index (χ3v) is 3.13. The number of hydrogen-bond acceptors (Lipinski definition) is 4. The average Bonchev–Trinajstić information content (AvgIpc) is 2.50. The molecule has 5 nitrogen and oxygen atoms in total. The summed E-state index contributed by atoms with van der Waals surface area (Å²) in [7, 11) is 0. The fourth-order valence-electron chi connectivity index (χ4n) is 2.10. The fourth-order valence-corrected chi connectivity index (χ4v) is 2.10. The predicted molar refractivity (Wildman–Crippen MR) is 83.1 cm³/mol. The van der Waals surface area contributed by atoms with Gasteiger partial charge in [-0.1, -0.05) is 18.2 Å². The van der Waals surface area contributed by atoms with Crippen LogP contribution in [0.1, 0.15) is 16.8 Å². The zero-order chi connectivity index (χ0) is 15.2. The van der Waals surface area contributed by atoms with Gasteiger partial charge in [-0.3, -0.25) is 4.79 Å². The Morgan fingerprint density at radius 1 is 1.14 bits per heavy atom. The van der Waals surface area contributed by atoms with Crippen LogP contribution in [0.15, 0.2) is 48.5 Å². The lowest BCUT2D eigenvalue weighted by molar-refractivity contribution is 0.100. The second-order valence-electron chi connectivity index (χ2n) is 4.53. The van der Waals surface area contributed by atoms with E-state index in [9.17, 15) is 4.79 Å². The molecule has 2 aromatic carbocycles. The maximum Gasteiger partial charge on any atom is 0.250 e. The highest BCUT2D eigenvalue weighted by molar-refractivity contribution is 5.99. The van der Waals surface area contributed by atoms with Gasteiger partial charge in [0.25, 0.3) is 5.91 Å². The quantitative estimate of drug-likeness (QED) is 0.822. The van der Waals surface area contributed by atoms with Crippen molar-refractivity contribution in [3.05, 3.63) is 54.1 Å². The minimum Gasteiger partial charge on any atom is -0.398 e. The van der Waals surface area contributed by atoms with Crippen LogP contribution >= 0.6 is 0 Å². The van der Waals surface area contributed by atoms with Crippen molar-refractivity contribution in [1.82, 2.24) is 0 Å². The number of nitriles is 1. The minimum absolute atomic E-state index is 0.283. The number of para-hydroxylation sites is 1. The highest BCUT2D eigenvalue weighted by Crippen LogP contribution is 2.28. The molecule has 0 saturated heterocycles. The first kappa shape index (κ1) is 14.4. The van der Waals surface area contributed by atoms with Crippen molar-refractivity contribution in [2.45, 2.75) is 6.42 Å². The third kappa shape index (κ3) is 3.31. The molecule has 5 heteroatoms. The van der Waals surface area contributed by atoms with Crippen molar-refractivity contribution in [2.75, 3.05) is 17.2 Å². The van der Waals surface area contributed by atoms with E-state index in [0.717, 1.165) is 11.4 Å². The Hall–Kier alpha value is -3.00. The summed E-state index contributed by atoms with van der Waals surface area (Å²) in [6.07, 6.45) is 0.366. The van der Waals surface area contributed by atoms with E-state index < -0.39 is 5.91 Å². The number of nitrogen functional groups attached to an aromatic ring is 1. The standard InChI is InChI=1S/C16H16N4O/c17-9-4-10-20(12-5-2-1-3-6-12)13-7-8-15(18)14(11-13)16(19)21/h1-3,5-8,11H,4,10,18H2,(H2,19,21). The Morgan fingerprint density at radius 2 is 1.86 bits per heavy atom. The van der Waals surface area contributed by atoms with Gasteiger partial charge in [-0.05, 0) is 30.3 Å². The van der Waals surface area contributed by atoms with Gasteiger partial charge in [0.1, 0.15) is 0 Å². The summed E-state index contributed by atoms with van der Waals surface area (Å²) in [5.74, 6) is -0.567. The van der Waals surface area contributed by atoms with Crippen LogP contribution in [0.2, 0.25) is 0 Å². The van der Waals surface area contributed by atoms with E-state index >= 15 is 0 Å². The van der Waals surface area contributed by atoms with Crippen LogP contribution < -0.4 is 16.4 Å². The first-order chi connectivity index (χ1) is 10.1. The van der Waals surface area contributed by atoms with Crippen LogP contribution in [0.25, 0.3) is 0 Å². The molecule has 0 spiro atoms. The Morgan fingerprint density at radius 3 is 2.48 bits per heavy atom. The molecule has 0 aromatic heterocycles. The number of hydrogen-bond donors (Lipinski definition) is 2. The molecular weight excluding hydrogens is 264 g/mol. The van der Waals surface area contributed by atoms with Gasteiger partial charge in [0.15, 0.2) is 0 Å². The molecule has 0 heterocycles. The largest absolute Gasteiger partial charge is 0.398 e. The van der Waals surface area contributed by atoms with Crippen LogP contribution in [0, 0.1) is 11.3 Å². The molecule has 4 N–H and O–H groups in total. The van der Waals surface area contributed by atoms with Gasteiger partial charge in [-0.2, -0.15) is 5.26 Å². The minimum atomic E-state index is -0.567. The van der Waals surface area contributed by atoms with Crippen LogP contribution in [0.3, 0.4) is 0 Å². The SMILES string of the molecule is N#CCCN(c1ccccc1)c1ccc(N)c(C(N)=O)c1. The number of benzene rings is 2. The first-order valence-electron chi connectivity index (χ1n) is 6.52. The van der Waals surface area contributed by atoms with E-state index in [1.807, 2.05) is 41.3 Å². The molecule has 0 atom stereocenters. The van der Waals surface area contributed by atoms with Crippen LogP contribution in [0.4, 0.5) is 17.1 Å². The van der Waals surface area contributed by atoms with Gasteiger partial charge in [0, 0.05) is 23.6 Å². The van der Waals surface area contributed by atoms with Crippen molar-refractivity contribution >= 4 is 23.0 Å². The molecule has 0 saturated carbocycles. The normalized spacial score (nSPS) is 9.86. The molecule has 0 aliphatic heterocycles. The zero-order valence-corrected chi connectivity index (χ0v) is 11.5. The highest BCUT2D eigenvalue weighted by atomic mass is 16.1. The molecule has 0 bridgehead atoms. The molecule has 0 radical (unpaired) electrons. The monoisotopic (exact) mass is 280 g/mol. The molecule has 1 amide bonds. The van der Waals surface area contributed by atoms with Crippen molar-refractivity contribution in [2.24, 2.45) is 5.73 Å². The van der Waals surface area contributed by atoms with E-state index in [4.69, 9.17) is 16.7 Å². The predicted octanol–water partition coefficient (Wildman–Crippen LogP) is 2.42. The molecule has 0 aliphatic rings. The first-order valence-corrected chi connectivity index (χ1v) is 6.52. The molecule has 2 rings (SSSR count). The Labute approximate surface area is 123 Å². The van der Waals surface area contributed by atoms with Crippen LogP contribution in [-0.2, 0) is 0 Å². The maximum atomic E-state index is 11.4. The molecule has 21 heavy (non-hydrogen) atoms. The number of primary amides is 1. The smallest absolute Gasteiger partial charge is 0.250 e. The fraction of sp³-hybridized carbons (Fsp3) is 0.125. The van der Waals surface area contributed by atoms with Crippen molar-refractivity contribution < 1.29 is 4.79 Å². The molecule has 2 aromatic rings. The van der Waals surface area contributed by atoms with Gasteiger partial charge in [0.2, 0.25) is 0 Å².